The molecule has 1 saturated heterocycles. The molecule has 0 amide bonds. The van der Waals surface area contributed by atoms with Crippen molar-refractivity contribution in [3.05, 3.63) is 24.0 Å². The third-order valence-electron chi connectivity index (χ3n) is 2.83. The van der Waals surface area contributed by atoms with E-state index in [1.54, 1.807) is 12.3 Å². The molecule has 5 heteroatoms. The molecule has 1 aliphatic heterocycles. The molecule has 0 spiro atoms. The van der Waals surface area contributed by atoms with Gasteiger partial charge in [0.1, 0.15) is 5.56 Å². The quantitative estimate of drug-likeness (QED) is 0.768. The molecular weight excluding hydrogens is 206 g/mol. The molecule has 86 valence electrons. The van der Waals surface area contributed by atoms with E-state index in [2.05, 4.69) is 4.98 Å². The molecule has 1 aliphatic rings. The van der Waals surface area contributed by atoms with Crippen LogP contribution in [-0.2, 0) is 0 Å². The van der Waals surface area contributed by atoms with Gasteiger partial charge in [-0.1, -0.05) is 0 Å². The fraction of sp³-hybridized carbons (Fsp3) is 0.455. The smallest absolute Gasteiger partial charge is 0.339 e. The molecule has 5 nitrogen and oxygen atoms in total. The number of aromatic carboxylic acids is 1. The maximum absolute atomic E-state index is 11.0. The van der Waals surface area contributed by atoms with E-state index in [4.69, 9.17) is 10.8 Å². The van der Waals surface area contributed by atoms with Gasteiger partial charge in [-0.25, -0.2) is 4.79 Å². The Balaban J connectivity index is 2.28. The number of piperidine rings is 1. The molecule has 3 N–H and O–H groups in total. The molecule has 2 rings (SSSR count). The molecule has 0 radical (unpaired) electrons. The van der Waals surface area contributed by atoms with Gasteiger partial charge in [-0.05, 0) is 18.9 Å². The van der Waals surface area contributed by atoms with Crippen LogP contribution in [0.3, 0.4) is 0 Å². The van der Waals surface area contributed by atoms with Gasteiger partial charge in [-0.2, -0.15) is 0 Å². The summed E-state index contributed by atoms with van der Waals surface area (Å²) in [7, 11) is 0. The first kappa shape index (κ1) is 10.9. The highest BCUT2D eigenvalue weighted by atomic mass is 16.4. The van der Waals surface area contributed by atoms with Crippen molar-refractivity contribution in [2.24, 2.45) is 5.73 Å². The summed E-state index contributed by atoms with van der Waals surface area (Å²) in [4.78, 5) is 16.9. The van der Waals surface area contributed by atoms with E-state index >= 15 is 0 Å². The summed E-state index contributed by atoms with van der Waals surface area (Å²) in [5.41, 5.74) is 6.85. The van der Waals surface area contributed by atoms with Gasteiger partial charge >= 0.3 is 5.97 Å². The van der Waals surface area contributed by atoms with Crippen LogP contribution in [0.4, 0.5) is 5.69 Å². The molecule has 0 bridgehead atoms. The van der Waals surface area contributed by atoms with Crippen LogP contribution in [-0.4, -0.2) is 35.2 Å². The van der Waals surface area contributed by atoms with E-state index < -0.39 is 5.97 Å². The molecular formula is C11H15N3O2. The predicted octanol–water partition coefficient (Wildman–Crippen LogP) is 0.707. The van der Waals surface area contributed by atoms with Gasteiger partial charge < -0.3 is 15.7 Å². The van der Waals surface area contributed by atoms with Crippen LogP contribution in [0.5, 0.6) is 0 Å². The number of hydrogen-bond acceptors (Lipinski definition) is 4. The molecule has 2 heterocycles. The zero-order valence-corrected chi connectivity index (χ0v) is 8.97. The Hall–Kier alpha value is -1.62. The third-order valence-corrected chi connectivity index (χ3v) is 2.83. The monoisotopic (exact) mass is 221 g/mol. The third kappa shape index (κ3) is 2.14. The highest BCUT2D eigenvalue weighted by molar-refractivity contribution is 5.94. The van der Waals surface area contributed by atoms with E-state index in [0.29, 0.717) is 6.54 Å². The summed E-state index contributed by atoms with van der Waals surface area (Å²) >= 11 is 0. The molecule has 0 aromatic carbocycles. The van der Waals surface area contributed by atoms with Crippen LogP contribution < -0.4 is 10.6 Å². The summed E-state index contributed by atoms with van der Waals surface area (Å²) < 4.78 is 0. The molecule has 1 unspecified atom stereocenters. The van der Waals surface area contributed by atoms with Gasteiger partial charge in [0.05, 0.1) is 5.69 Å². The van der Waals surface area contributed by atoms with Gasteiger partial charge in [-0.3, -0.25) is 4.98 Å². The zero-order chi connectivity index (χ0) is 11.5. The number of hydrogen-bond donors (Lipinski definition) is 2. The summed E-state index contributed by atoms with van der Waals surface area (Å²) in [5, 5.41) is 9.06. The predicted molar refractivity (Wildman–Crippen MR) is 60.6 cm³/mol. The van der Waals surface area contributed by atoms with Gasteiger partial charge in [0, 0.05) is 31.5 Å². The maximum Gasteiger partial charge on any atom is 0.339 e. The maximum atomic E-state index is 11.0. The number of nitrogens with zero attached hydrogens (tertiary/aromatic N) is 2. The number of rotatable bonds is 2. The van der Waals surface area contributed by atoms with Crippen molar-refractivity contribution in [1.29, 1.82) is 0 Å². The number of carbonyl (C=O) groups is 1. The second kappa shape index (κ2) is 4.49. The second-order valence-electron chi connectivity index (χ2n) is 4.05. The molecule has 1 atom stereocenters. The fourth-order valence-electron chi connectivity index (χ4n) is 2.06. The molecule has 16 heavy (non-hydrogen) atoms. The lowest BCUT2D eigenvalue weighted by atomic mass is 10.0. The van der Waals surface area contributed by atoms with Crippen molar-refractivity contribution < 1.29 is 9.90 Å². The number of aromatic nitrogens is 1. The van der Waals surface area contributed by atoms with Crippen molar-refractivity contribution in [2.45, 2.75) is 18.9 Å². The SMILES string of the molecule is NC1CCCN(c2ccncc2C(=O)O)C1. The average molecular weight is 221 g/mol. The summed E-state index contributed by atoms with van der Waals surface area (Å²) in [6.45, 7) is 1.57. The Bertz CT molecular complexity index is 395. The standard InChI is InChI=1S/C11H15N3O2/c12-8-2-1-5-14(7-8)10-3-4-13-6-9(10)11(15)16/h3-4,6,8H,1-2,5,7,12H2,(H,15,16). The van der Waals surface area contributed by atoms with Gasteiger partial charge in [0.2, 0.25) is 0 Å². The molecule has 0 saturated carbocycles. The van der Waals surface area contributed by atoms with Crippen LogP contribution in [0.2, 0.25) is 0 Å². The van der Waals surface area contributed by atoms with Crippen LogP contribution in [0, 0.1) is 0 Å². The van der Waals surface area contributed by atoms with Crippen molar-refractivity contribution in [3.63, 3.8) is 0 Å². The second-order valence-corrected chi connectivity index (χ2v) is 4.05. The lowest BCUT2D eigenvalue weighted by Crippen LogP contribution is -2.43. The van der Waals surface area contributed by atoms with E-state index in [1.807, 2.05) is 4.90 Å². The topological polar surface area (TPSA) is 79.5 Å². The first-order chi connectivity index (χ1) is 7.68. The van der Waals surface area contributed by atoms with Crippen LogP contribution in [0.15, 0.2) is 18.5 Å². The van der Waals surface area contributed by atoms with Crippen LogP contribution in [0.25, 0.3) is 0 Å². The Labute approximate surface area is 93.9 Å². The number of pyridine rings is 1. The highest BCUT2D eigenvalue weighted by Gasteiger charge is 2.21. The molecule has 1 fully saturated rings. The van der Waals surface area contributed by atoms with Crippen molar-refractivity contribution in [3.8, 4) is 0 Å². The number of anilines is 1. The Morgan fingerprint density at radius 2 is 2.44 bits per heavy atom. The zero-order valence-electron chi connectivity index (χ0n) is 8.97. The average Bonchev–Trinajstić information content (AvgIpc) is 2.29. The summed E-state index contributed by atoms with van der Waals surface area (Å²) in [5.74, 6) is -0.942. The highest BCUT2D eigenvalue weighted by Crippen LogP contribution is 2.22. The van der Waals surface area contributed by atoms with E-state index in [0.717, 1.165) is 25.1 Å². The van der Waals surface area contributed by atoms with E-state index in [1.165, 1.54) is 6.20 Å². The molecule has 1 aromatic heterocycles. The van der Waals surface area contributed by atoms with Crippen LogP contribution in [0.1, 0.15) is 23.2 Å². The largest absolute Gasteiger partial charge is 0.478 e. The van der Waals surface area contributed by atoms with Gasteiger partial charge in [0.15, 0.2) is 0 Å². The summed E-state index contributed by atoms with van der Waals surface area (Å²) in [6, 6.07) is 1.87. The normalized spacial score (nSPS) is 20.8. The lowest BCUT2D eigenvalue weighted by Gasteiger charge is -2.33. The molecule has 0 aliphatic carbocycles. The summed E-state index contributed by atoms with van der Waals surface area (Å²) in [6.07, 6.45) is 5.01. The Morgan fingerprint density at radius 1 is 1.62 bits per heavy atom. The van der Waals surface area contributed by atoms with Gasteiger partial charge in [0.25, 0.3) is 0 Å². The van der Waals surface area contributed by atoms with Crippen LogP contribution >= 0.6 is 0 Å². The first-order valence-electron chi connectivity index (χ1n) is 5.36. The van der Waals surface area contributed by atoms with E-state index in [9.17, 15) is 4.79 Å². The minimum Gasteiger partial charge on any atom is -0.478 e. The Kier molecular flexibility index (Phi) is 3.05. The van der Waals surface area contributed by atoms with Gasteiger partial charge in [-0.15, -0.1) is 0 Å². The Morgan fingerprint density at radius 3 is 3.12 bits per heavy atom. The number of nitrogens with two attached hydrogens (primary N) is 1. The minimum atomic E-state index is -0.942. The first-order valence-corrected chi connectivity index (χ1v) is 5.36. The van der Waals surface area contributed by atoms with Crippen molar-refractivity contribution >= 4 is 11.7 Å². The molecule has 1 aromatic rings. The van der Waals surface area contributed by atoms with E-state index in [-0.39, 0.29) is 11.6 Å². The number of carboxylic acid groups (broad SMARTS) is 1. The van der Waals surface area contributed by atoms with Crippen molar-refractivity contribution in [1.82, 2.24) is 4.98 Å². The van der Waals surface area contributed by atoms with Crippen molar-refractivity contribution in [2.75, 3.05) is 18.0 Å². The lowest BCUT2D eigenvalue weighted by molar-refractivity contribution is 0.0697. The number of carboxylic acids is 1. The minimum absolute atomic E-state index is 0.128. The fourth-order valence-corrected chi connectivity index (χ4v) is 2.06.